The number of rotatable bonds is 5. The predicted octanol–water partition coefficient (Wildman–Crippen LogP) is 4.81. The molecule has 1 saturated heterocycles. The predicted molar refractivity (Wildman–Crippen MR) is 101 cm³/mol. The van der Waals surface area contributed by atoms with Gasteiger partial charge in [0.2, 0.25) is 0 Å². The smallest absolute Gasteiger partial charge is 0.167 e. The number of benzene rings is 1. The van der Waals surface area contributed by atoms with Crippen LogP contribution < -0.4 is 0 Å². The lowest BCUT2D eigenvalue weighted by molar-refractivity contribution is 0.184. The Bertz CT molecular complexity index is 870. The molecule has 5 nitrogen and oxygen atoms in total. The topological polar surface area (TPSA) is 47.1 Å². The summed E-state index contributed by atoms with van der Waals surface area (Å²) in [5.41, 5.74) is 3.03. The molecule has 1 aliphatic heterocycles. The largest absolute Gasteiger partial charge is 0.356 e. The third kappa shape index (κ3) is 4.11. The van der Waals surface area contributed by atoms with Crippen molar-refractivity contribution in [2.24, 2.45) is 0 Å². The molecule has 0 saturated carbocycles. The minimum Gasteiger partial charge on any atom is -0.356 e. The van der Waals surface area contributed by atoms with E-state index in [1.165, 1.54) is 37.0 Å². The van der Waals surface area contributed by atoms with Gasteiger partial charge in [0.05, 0.1) is 12.2 Å². The van der Waals surface area contributed by atoms with Crippen LogP contribution in [-0.2, 0) is 13.1 Å². The van der Waals surface area contributed by atoms with E-state index in [0.717, 1.165) is 37.3 Å². The Balaban J connectivity index is 1.56. The second kappa shape index (κ2) is 8.05. The Kier molecular flexibility index (Phi) is 5.34. The first-order valence-corrected chi connectivity index (χ1v) is 9.71. The lowest BCUT2D eigenvalue weighted by Crippen LogP contribution is -2.28. The molecule has 4 rings (SSSR count). The number of hydrogen-bond acceptors (Lipinski definition) is 4. The lowest BCUT2D eigenvalue weighted by atomic mass is 10.0. The first-order valence-electron chi connectivity index (χ1n) is 9.71. The van der Waals surface area contributed by atoms with Gasteiger partial charge in [0.1, 0.15) is 11.5 Å². The average molecular weight is 368 g/mol. The minimum absolute atomic E-state index is 0.232. The second-order valence-corrected chi connectivity index (χ2v) is 7.16. The van der Waals surface area contributed by atoms with Crippen LogP contribution in [0.25, 0.3) is 11.3 Å². The maximum atomic E-state index is 13.2. The zero-order valence-electron chi connectivity index (χ0n) is 15.6. The van der Waals surface area contributed by atoms with Crippen LogP contribution in [0, 0.1) is 5.82 Å². The first kappa shape index (κ1) is 17.9. The standard InChI is InChI=1S/C21H25FN4O/c1-2-26-15-16(13-23-26)14-25-11-5-3-4-6-20(25)19-12-21(27-24-19)17-7-9-18(22)10-8-17/h7-10,12-13,15,20H,2-6,11,14H2,1H3/t20-/m1/s1. The van der Waals surface area contributed by atoms with Gasteiger partial charge in [-0.25, -0.2) is 4.39 Å². The van der Waals surface area contributed by atoms with Crippen molar-refractivity contribution in [2.75, 3.05) is 6.54 Å². The first-order chi connectivity index (χ1) is 13.2. The Labute approximate surface area is 158 Å². The molecule has 0 amide bonds. The molecule has 0 aliphatic carbocycles. The molecule has 0 radical (unpaired) electrons. The molecule has 0 spiro atoms. The average Bonchev–Trinajstić information content (AvgIpc) is 3.29. The molecule has 0 bridgehead atoms. The quantitative estimate of drug-likeness (QED) is 0.648. The van der Waals surface area contributed by atoms with Crippen LogP contribution >= 0.6 is 0 Å². The number of likely N-dealkylation sites (tertiary alicyclic amines) is 1. The van der Waals surface area contributed by atoms with E-state index in [-0.39, 0.29) is 11.9 Å². The number of aryl methyl sites for hydroxylation is 1. The van der Waals surface area contributed by atoms with Crippen LogP contribution in [0.15, 0.2) is 47.2 Å². The monoisotopic (exact) mass is 368 g/mol. The van der Waals surface area contributed by atoms with Crippen LogP contribution in [0.2, 0.25) is 0 Å². The van der Waals surface area contributed by atoms with E-state index in [9.17, 15) is 4.39 Å². The molecule has 142 valence electrons. The summed E-state index contributed by atoms with van der Waals surface area (Å²) in [4.78, 5) is 2.48. The van der Waals surface area contributed by atoms with E-state index in [2.05, 4.69) is 28.3 Å². The maximum Gasteiger partial charge on any atom is 0.167 e. The van der Waals surface area contributed by atoms with Crippen molar-refractivity contribution in [3.05, 3.63) is 59.8 Å². The Morgan fingerprint density at radius 3 is 2.81 bits per heavy atom. The van der Waals surface area contributed by atoms with Gasteiger partial charge in [0, 0.05) is 36.5 Å². The van der Waals surface area contributed by atoms with Gasteiger partial charge >= 0.3 is 0 Å². The van der Waals surface area contributed by atoms with E-state index >= 15 is 0 Å². The fourth-order valence-electron chi connectivity index (χ4n) is 3.78. The normalized spacial score (nSPS) is 18.5. The summed E-state index contributed by atoms with van der Waals surface area (Å²) in [7, 11) is 0. The SMILES string of the molecule is CCn1cc(CN2CCCCC[C@@H]2c2cc(-c3ccc(F)cc3)on2)cn1. The van der Waals surface area contributed by atoms with Crippen molar-refractivity contribution in [1.29, 1.82) is 0 Å². The molecular weight excluding hydrogens is 343 g/mol. The Hall–Kier alpha value is -2.47. The van der Waals surface area contributed by atoms with Crippen molar-refractivity contribution in [3.63, 3.8) is 0 Å². The summed E-state index contributed by atoms with van der Waals surface area (Å²) in [5.74, 6) is 0.439. The van der Waals surface area contributed by atoms with Gasteiger partial charge in [-0.05, 0) is 50.6 Å². The van der Waals surface area contributed by atoms with Gasteiger partial charge in [0.15, 0.2) is 5.76 Å². The van der Waals surface area contributed by atoms with E-state index in [1.807, 2.05) is 16.9 Å². The summed E-state index contributed by atoms with van der Waals surface area (Å²) in [5, 5.41) is 8.76. The van der Waals surface area contributed by atoms with Gasteiger partial charge in [-0.1, -0.05) is 18.0 Å². The zero-order valence-corrected chi connectivity index (χ0v) is 15.6. The summed E-state index contributed by atoms with van der Waals surface area (Å²) < 4.78 is 20.7. The van der Waals surface area contributed by atoms with Crippen molar-refractivity contribution in [3.8, 4) is 11.3 Å². The molecular formula is C21H25FN4O. The molecule has 27 heavy (non-hydrogen) atoms. The molecule has 1 fully saturated rings. The van der Waals surface area contributed by atoms with Gasteiger partial charge in [-0.3, -0.25) is 9.58 Å². The van der Waals surface area contributed by atoms with Gasteiger partial charge < -0.3 is 4.52 Å². The van der Waals surface area contributed by atoms with Crippen molar-refractivity contribution in [1.82, 2.24) is 19.8 Å². The summed E-state index contributed by atoms with van der Waals surface area (Å²) in [6.07, 6.45) is 8.77. The zero-order chi connectivity index (χ0) is 18.6. The third-order valence-corrected chi connectivity index (χ3v) is 5.26. The minimum atomic E-state index is -0.249. The molecule has 3 aromatic rings. The van der Waals surface area contributed by atoms with E-state index in [1.54, 1.807) is 12.1 Å². The number of hydrogen-bond donors (Lipinski definition) is 0. The highest BCUT2D eigenvalue weighted by Crippen LogP contribution is 2.33. The highest BCUT2D eigenvalue weighted by atomic mass is 19.1. The van der Waals surface area contributed by atoms with Gasteiger partial charge in [0.25, 0.3) is 0 Å². The number of halogens is 1. The van der Waals surface area contributed by atoms with Crippen LogP contribution in [0.1, 0.15) is 49.9 Å². The number of aromatic nitrogens is 3. The molecule has 2 aromatic heterocycles. The van der Waals surface area contributed by atoms with Crippen molar-refractivity contribution in [2.45, 2.75) is 51.7 Å². The van der Waals surface area contributed by atoms with Crippen LogP contribution in [0.4, 0.5) is 4.39 Å². The van der Waals surface area contributed by atoms with Gasteiger partial charge in [-0.2, -0.15) is 5.10 Å². The molecule has 6 heteroatoms. The Morgan fingerprint density at radius 1 is 1.19 bits per heavy atom. The highest BCUT2D eigenvalue weighted by molar-refractivity contribution is 5.57. The fourth-order valence-corrected chi connectivity index (χ4v) is 3.78. The molecule has 0 N–H and O–H groups in total. The van der Waals surface area contributed by atoms with Gasteiger partial charge in [-0.15, -0.1) is 0 Å². The fraction of sp³-hybridized carbons (Fsp3) is 0.429. The van der Waals surface area contributed by atoms with Crippen molar-refractivity contribution >= 4 is 0 Å². The summed E-state index contributed by atoms with van der Waals surface area (Å²) >= 11 is 0. The molecule has 0 unspecified atom stereocenters. The summed E-state index contributed by atoms with van der Waals surface area (Å²) in [6.45, 7) is 4.88. The Morgan fingerprint density at radius 2 is 2.04 bits per heavy atom. The van der Waals surface area contributed by atoms with Crippen LogP contribution in [0.5, 0.6) is 0 Å². The van der Waals surface area contributed by atoms with E-state index in [0.29, 0.717) is 5.76 Å². The third-order valence-electron chi connectivity index (χ3n) is 5.26. The van der Waals surface area contributed by atoms with Crippen LogP contribution in [-0.4, -0.2) is 26.4 Å². The highest BCUT2D eigenvalue weighted by Gasteiger charge is 2.26. The summed E-state index contributed by atoms with van der Waals surface area (Å²) in [6, 6.07) is 8.58. The lowest BCUT2D eigenvalue weighted by Gasteiger charge is -2.27. The van der Waals surface area contributed by atoms with Crippen molar-refractivity contribution < 1.29 is 8.91 Å². The molecule has 1 atom stereocenters. The molecule has 3 heterocycles. The second-order valence-electron chi connectivity index (χ2n) is 7.16. The van der Waals surface area contributed by atoms with E-state index < -0.39 is 0 Å². The maximum absolute atomic E-state index is 13.2. The number of nitrogens with zero attached hydrogens (tertiary/aromatic N) is 4. The van der Waals surface area contributed by atoms with Crippen LogP contribution in [0.3, 0.4) is 0 Å². The molecule has 1 aliphatic rings. The van der Waals surface area contributed by atoms with E-state index in [4.69, 9.17) is 4.52 Å². The molecule has 1 aromatic carbocycles.